The number of carbonyl (C=O) groups excluding carboxylic acids is 3. The first-order valence-electron chi connectivity index (χ1n) is 10.7. The number of nitrogens with one attached hydrogen (secondary N) is 1. The van der Waals surface area contributed by atoms with Gasteiger partial charge in [0.1, 0.15) is 29.6 Å². The minimum atomic E-state index is -2.83. The predicted octanol–water partition coefficient (Wildman–Crippen LogP) is -0.137. The zero-order chi connectivity index (χ0) is 26.2. The van der Waals surface area contributed by atoms with Crippen LogP contribution in [0.2, 0.25) is 5.02 Å². The summed E-state index contributed by atoms with van der Waals surface area (Å²) < 4.78 is 0. The van der Waals surface area contributed by atoms with Gasteiger partial charge < -0.3 is 36.0 Å². The zero-order valence-corrected chi connectivity index (χ0v) is 19.8. The molecule has 1 saturated carbocycles. The van der Waals surface area contributed by atoms with Crippen molar-refractivity contribution in [3.8, 4) is 5.75 Å². The highest BCUT2D eigenvalue weighted by Gasteiger charge is 2.66. The number of aliphatic hydroxyl groups is 5. The van der Waals surface area contributed by atoms with E-state index in [1.165, 1.54) is 32.0 Å². The molecule has 7 N–H and O–H groups in total. The molecule has 3 aliphatic carbocycles. The number of aromatic hydroxyl groups is 1. The molecular weight excluding hydrogens is 484 g/mol. The van der Waals surface area contributed by atoms with Crippen LogP contribution in [0.25, 0.3) is 5.76 Å². The highest BCUT2D eigenvalue weighted by molar-refractivity contribution is 6.32. The van der Waals surface area contributed by atoms with Gasteiger partial charge in [0.2, 0.25) is 5.78 Å². The van der Waals surface area contributed by atoms with Gasteiger partial charge in [-0.2, -0.15) is 0 Å². The number of amides is 1. The van der Waals surface area contributed by atoms with Gasteiger partial charge in [-0.25, -0.2) is 0 Å². The molecule has 188 valence electrons. The number of halogens is 1. The Bertz CT molecular complexity index is 1240. The third-order valence-corrected chi connectivity index (χ3v) is 7.61. The van der Waals surface area contributed by atoms with Gasteiger partial charge in [0.05, 0.1) is 17.2 Å². The Kier molecular flexibility index (Phi) is 5.77. The van der Waals surface area contributed by atoms with Gasteiger partial charge in [-0.1, -0.05) is 11.6 Å². The van der Waals surface area contributed by atoms with Gasteiger partial charge in [0.15, 0.2) is 11.4 Å². The van der Waals surface area contributed by atoms with Crippen LogP contribution in [0, 0.1) is 11.8 Å². The maximum Gasteiger partial charge on any atom is 0.260 e. The van der Waals surface area contributed by atoms with E-state index >= 15 is 0 Å². The number of hydrogen-bond acceptors (Lipinski definition) is 10. The molecule has 0 heterocycles. The van der Waals surface area contributed by atoms with Crippen LogP contribution >= 0.6 is 11.6 Å². The molecule has 12 heteroatoms. The normalized spacial score (nSPS) is 32.4. The fourth-order valence-corrected chi connectivity index (χ4v) is 6.07. The number of fused-ring (bicyclic) bond motifs is 3. The van der Waals surface area contributed by atoms with Crippen molar-refractivity contribution in [1.29, 1.82) is 0 Å². The lowest BCUT2D eigenvalue weighted by Gasteiger charge is -2.53. The first-order chi connectivity index (χ1) is 16.2. The third kappa shape index (κ3) is 3.16. The molecule has 1 fully saturated rings. The van der Waals surface area contributed by atoms with Crippen LogP contribution in [0.3, 0.4) is 0 Å². The number of phenolic OH excluding ortho intramolecular Hbond substituents is 1. The predicted molar refractivity (Wildman–Crippen MR) is 121 cm³/mol. The minimum absolute atomic E-state index is 0.0104. The van der Waals surface area contributed by atoms with Gasteiger partial charge in [-0.3, -0.25) is 19.3 Å². The third-order valence-electron chi connectivity index (χ3n) is 7.29. The standard InChI is InChI=1S/C23H25ClN2O9/c1-22(34)8-6-9-16(26(2)3)18(30)14(21(33)25-7-27)20(32)23(9,35)19(31)12(8)17(29)13-11(28)5-4-10(24)15(13)22/h4-5,8-9,16,27-29,32,34-35H,6-7H2,1-3H3,(H,25,33)/t8?,9?,16?,22-,23-/m0/s1. The fourth-order valence-electron chi connectivity index (χ4n) is 5.72. The molecule has 5 atom stereocenters. The number of hydrogen-bond donors (Lipinski definition) is 7. The number of nitrogens with zero attached hydrogens (tertiary/aromatic N) is 1. The molecule has 0 aromatic heterocycles. The van der Waals surface area contributed by atoms with Crippen molar-refractivity contribution in [3.63, 3.8) is 0 Å². The summed E-state index contributed by atoms with van der Waals surface area (Å²) in [4.78, 5) is 41.0. The van der Waals surface area contributed by atoms with E-state index in [4.69, 9.17) is 16.7 Å². The summed E-state index contributed by atoms with van der Waals surface area (Å²) in [7, 11) is 2.95. The molecule has 4 rings (SSSR count). The monoisotopic (exact) mass is 508 g/mol. The molecule has 3 aliphatic rings. The molecule has 0 bridgehead atoms. The van der Waals surface area contributed by atoms with Crippen LogP contribution in [0.15, 0.2) is 29.0 Å². The maximum absolute atomic E-state index is 13.8. The summed E-state index contributed by atoms with van der Waals surface area (Å²) in [6.07, 6.45) is -0.284. The molecular formula is C23H25ClN2O9. The van der Waals surface area contributed by atoms with Gasteiger partial charge in [0.25, 0.3) is 5.91 Å². The Labute approximate surface area is 204 Å². The molecule has 1 aromatic carbocycles. The van der Waals surface area contributed by atoms with Crippen molar-refractivity contribution < 1.29 is 45.0 Å². The summed E-state index contributed by atoms with van der Waals surface area (Å²) in [5.41, 5.74) is -6.49. The average Bonchev–Trinajstić information content (AvgIpc) is 2.76. The molecule has 1 amide bonds. The van der Waals surface area contributed by atoms with Crippen molar-refractivity contribution in [1.82, 2.24) is 10.2 Å². The summed E-state index contributed by atoms with van der Waals surface area (Å²) >= 11 is 6.29. The molecule has 0 spiro atoms. The Balaban J connectivity index is 2.04. The van der Waals surface area contributed by atoms with Crippen LogP contribution in [0.5, 0.6) is 5.75 Å². The van der Waals surface area contributed by atoms with E-state index in [0.717, 1.165) is 6.07 Å². The molecule has 0 saturated heterocycles. The van der Waals surface area contributed by atoms with E-state index in [0.29, 0.717) is 0 Å². The number of phenols is 1. The number of likely N-dealkylation sites (N-methyl/N-ethyl adjacent to an activating group) is 1. The molecule has 35 heavy (non-hydrogen) atoms. The Morgan fingerprint density at radius 1 is 1.20 bits per heavy atom. The first kappa shape index (κ1) is 25.1. The van der Waals surface area contributed by atoms with E-state index in [-0.39, 0.29) is 22.6 Å². The highest BCUT2D eigenvalue weighted by atomic mass is 35.5. The van der Waals surface area contributed by atoms with Crippen molar-refractivity contribution in [2.45, 2.75) is 30.6 Å². The van der Waals surface area contributed by atoms with Gasteiger partial charge >= 0.3 is 0 Å². The molecule has 3 unspecified atom stereocenters. The second-order valence-electron chi connectivity index (χ2n) is 9.38. The number of benzene rings is 1. The lowest BCUT2D eigenvalue weighted by atomic mass is 9.54. The number of ketones is 2. The van der Waals surface area contributed by atoms with Gasteiger partial charge in [-0.15, -0.1) is 0 Å². The summed E-state index contributed by atoms with van der Waals surface area (Å²) in [6, 6.07) is 1.19. The van der Waals surface area contributed by atoms with Crippen molar-refractivity contribution in [3.05, 3.63) is 45.2 Å². The highest BCUT2D eigenvalue weighted by Crippen LogP contribution is 2.58. The van der Waals surface area contributed by atoms with E-state index in [2.05, 4.69) is 0 Å². The maximum atomic E-state index is 13.8. The van der Waals surface area contributed by atoms with Crippen molar-refractivity contribution in [2.24, 2.45) is 11.8 Å². The van der Waals surface area contributed by atoms with Crippen LogP contribution in [-0.2, 0) is 20.0 Å². The van der Waals surface area contributed by atoms with Gasteiger partial charge in [0, 0.05) is 28.0 Å². The summed E-state index contributed by atoms with van der Waals surface area (Å²) in [5.74, 6) is -8.33. The fraction of sp³-hybridized carbons (Fsp3) is 0.435. The second-order valence-corrected chi connectivity index (χ2v) is 9.78. The van der Waals surface area contributed by atoms with E-state index in [1.807, 2.05) is 5.32 Å². The Hall–Kier alpha value is -2.96. The van der Waals surface area contributed by atoms with Crippen LogP contribution < -0.4 is 5.32 Å². The number of aliphatic hydroxyl groups excluding tert-OH is 3. The lowest BCUT2D eigenvalue weighted by molar-refractivity contribution is -0.159. The smallest absolute Gasteiger partial charge is 0.260 e. The molecule has 0 aliphatic heterocycles. The number of Topliss-reactive ketones (excluding diaryl/α,β-unsaturated/α-hetero) is 2. The van der Waals surface area contributed by atoms with E-state index < -0.39 is 81.7 Å². The quantitative estimate of drug-likeness (QED) is 0.214. The molecule has 11 nitrogen and oxygen atoms in total. The number of carbonyl (C=O) groups is 3. The second kappa shape index (κ2) is 8.04. The lowest BCUT2D eigenvalue weighted by Crippen LogP contribution is -2.67. The zero-order valence-electron chi connectivity index (χ0n) is 19.0. The van der Waals surface area contributed by atoms with Gasteiger partial charge in [-0.05, 0) is 39.6 Å². The SMILES string of the molecule is CN(C)C1C(=O)C(C(=O)NCO)=C(O)[C@@]2(O)C(=O)C3=C(O)c4c(O)ccc(Cl)c4[C@@](C)(O)C3CC12. The van der Waals surface area contributed by atoms with Crippen molar-refractivity contribution in [2.75, 3.05) is 20.8 Å². The molecule has 1 aromatic rings. The van der Waals surface area contributed by atoms with E-state index in [1.54, 1.807) is 0 Å². The van der Waals surface area contributed by atoms with E-state index in [9.17, 15) is 39.9 Å². The average molecular weight is 509 g/mol. The van der Waals surface area contributed by atoms with Crippen molar-refractivity contribution >= 4 is 34.8 Å². The summed E-state index contributed by atoms with van der Waals surface area (Å²) in [6.45, 7) is 0.454. The Morgan fingerprint density at radius 2 is 1.83 bits per heavy atom. The first-order valence-corrected chi connectivity index (χ1v) is 11.1. The van der Waals surface area contributed by atoms with Crippen LogP contribution in [0.1, 0.15) is 24.5 Å². The Morgan fingerprint density at radius 3 is 2.40 bits per heavy atom. The van der Waals surface area contributed by atoms with Crippen LogP contribution in [-0.4, -0.2) is 85.5 Å². The van der Waals surface area contributed by atoms with Crippen LogP contribution in [0.4, 0.5) is 0 Å². The number of rotatable bonds is 3. The summed E-state index contributed by atoms with van der Waals surface area (Å²) in [5, 5.41) is 66.7. The topological polar surface area (TPSA) is 188 Å². The largest absolute Gasteiger partial charge is 0.508 e. The minimum Gasteiger partial charge on any atom is -0.508 e. The molecule has 0 radical (unpaired) electrons.